The lowest BCUT2D eigenvalue weighted by atomic mass is 9.92. The number of nitrogens with zero attached hydrogens (tertiary/aromatic N) is 2. The van der Waals surface area contributed by atoms with Crippen LogP contribution in [0.5, 0.6) is 0 Å². The molecule has 0 amide bonds. The number of ketones is 1. The third-order valence-electron chi connectivity index (χ3n) is 2.78. The molecule has 0 fully saturated rings. The molecular weight excluding hydrogens is 212 g/mol. The fraction of sp³-hybridized carbons (Fsp3) is 0.500. The van der Waals surface area contributed by atoms with Crippen LogP contribution in [0.25, 0.3) is 0 Å². The van der Waals surface area contributed by atoms with Crippen LogP contribution in [0, 0.1) is 18.3 Å². The van der Waals surface area contributed by atoms with Crippen LogP contribution in [-0.4, -0.2) is 10.8 Å². The molecule has 0 aliphatic rings. The fourth-order valence-corrected chi connectivity index (χ4v) is 1.77. The van der Waals surface area contributed by atoms with Crippen LogP contribution in [0.1, 0.15) is 49.8 Å². The average molecular weight is 230 g/mol. The van der Waals surface area contributed by atoms with Crippen LogP contribution in [-0.2, 0) is 4.79 Å². The molecule has 90 valence electrons. The van der Waals surface area contributed by atoms with Crippen molar-refractivity contribution in [3.05, 3.63) is 29.6 Å². The summed E-state index contributed by atoms with van der Waals surface area (Å²) in [6.45, 7) is 4.06. The molecule has 17 heavy (non-hydrogen) atoms. The van der Waals surface area contributed by atoms with Crippen molar-refractivity contribution in [2.45, 2.75) is 45.4 Å². The molecule has 0 saturated carbocycles. The van der Waals surface area contributed by atoms with E-state index in [1.807, 2.05) is 25.1 Å². The maximum atomic E-state index is 11.9. The van der Waals surface area contributed by atoms with Gasteiger partial charge in [0.05, 0.1) is 24.1 Å². The van der Waals surface area contributed by atoms with Gasteiger partial charge in [-0.3, -0.25) is 9.78 Å². The third kappa shape index (κ3) is 3.99. The summed E-state index contributed by atoms with van der Waals surface area (Å²) in [6, 6.07) is 5.78. The Morgan fingerprint density at radius 1 is 1.53 bits per heavy atom. The van der Waals surface area contributed by atoms with Gasteiger partial charge in [0, 0.05) is 6.20 Å². The highest BCUT2D eigenvalue weighted by Crippen LogP contribution is 2.22. The van der Waals surface area contributed by atoms with E-state index in [2.05, 4.69) is 11.9 Å². The summed E-state index contributed by atoms with van der Waals surface area (Å²) >= 11 is 0. The molecule has 0 spiro atoms. The fourth-order valence-electron chi connectivity index (χ4n) is 1.77. The van der Waals surface area contributed by atoms with Gasteiger partial charge < -0.3 is 0 Å². The lowest BCUT2D eigenvalue weighted by molar-refractivity contribution is -0.119. The summed E-state index contributed by atoms with van der Waals surface area (Å²) in [7, 11) is 0. The Labute approximate surface area is 102 Å². The lowest BCUT2D eigenvalue weighted by Crippen LogP contribution is -2.13. The molecule has 1 rings (SSSR count). The van der Waals surface area contributed by atoms with Gasteiger partial charge in [0.15, 0.2) is 5.78 Å². The van der Waals surface area contributed by atoms with Gasteiger partial charge in [0.25, 0.3) is 0 Å². The first-order chi connectivity index (χ1) is 8.19. The van der Waals surface area contributed by atoms with Crippen molar-refractivity contribution in [2.75, 3.05) is 0 Å². The van der Waals surface area contributed by atoms with E-state index in [0.29, 0.717) is 0 Å². The zero-order valence-electron chi connectivity index (χ0n) is 10.4. The molecule has 0 N–H and O–H groups in total. The molecule has 1 unspecified atom stereocenters. The van der Waals surface area contributed by atoms with E-state index >= 15 is 0 Å². The van der Waals surface area contributed by atoms with Crippen molar-refractivity contribution in [2.24, 2.45) is 0 Å². The van der Waals surface area contributed by atoms with Crippen LogP contribution in [0.2, 0.25) is 0 Å². The number of nitriles is 1. The molecule has 1 atom stereocenters. The number of pyridine rings is 1. The van der Waals surface area contributed by atoms with Crippen LogP contribution in [0.3, 0.4) is 0 Å². The Hall–Kier alpha value is -1.69. The first-order valence-corrected chi connectivity index (χ1v) is 6.01. The molecule has 1 heterocycles. The molecule has 0 aliphatic carbocycles. The smallest absolute Gasteiger partial charge is 0.155 e. The first-order valence-electron chi connectivity index (χ1n) is 6.01. The second-order valence-electron chi connectivity index (χ2n) is 4.26. The van der Waals surface area contributed by atoms with Crippen molar-refractivity contribution in [3.8, 4) is 6.07 Å². The second kappa shape index (κ2) is 6.80. The minimum atomic E-state index is -0.213. The maximum absolute atomic E-state index is 11.9. The molecule has 1 aromatic rings. The third-order valence-corrected chi connectivity index (χ3v) is 2.78. The predicted octanol–water partition coefficient (Wildman–Crippen LogP) is 3.15. The van der Waals surface area contributed by atoms with Gasteiger partial charge in [-0.2, -0.15) is 5.26 Å². The average Bonchev–Trinajstić information content (AvgIpc) is 2.32. The van der Waals surface area contributed by atoms with Crippen molar-refractivity contribution in [1.29, 1.82) is 5.26 Å². The first kappa shape index (κ1) is 13.4. The van der Waals surface area contributed by atoms with Crippen molar-refractivity contribution in [3.63, 3.8) is 0 Å². The Morgan fingerprint density at radius 2 is 2.29 bits per heavy atom. The molecular formula is C14H18N2O. The summed E-state index contributed by atoms with van der Waals surface area (Å²) in [5.74, 6) is -0.229. The van der Waals surface area contributed by atoms with E-state index in [4.69, 9.17) is 5.26 Å². The highest BCUT2D eigenvalue weighted by atomic mass is 16.1. The minimum absolute atomic E-state index is 0.0164. The predicted molar refractivity (Wildman–Crippen MR) is 66.5 cm³/mol. The Bertz CT molecular complexity index is 403. The van der Waals surface area contributed by atoms with E-state index in [1.54, 1.807) is 6.20 Å². The van der Waals surface area contributed by atoms with Crippen LogP contribution < -0.4 is 0 Å². The molecule has 0 bridgehead atoms. The SMILES string of the molecule is CCCCC(C(=O)CC#N)c1ccc(C)cn1. The van der Waals surface area contributed by atoms with Gasteiger partial charge in [-0.25, -0.2) is 0 Å². The summed E-state index contributed by atoms with van der Waals surface area (Å²) in [6.07, 6.45) is 4.56. The molecule has 3 heteroatoms. The summed E-state index contributed by atoms with van der Waals surface area (Å²) in [5.41, 5.74) is 1.88. The van der Waals surface area contributed by atoms with Gasteiger partial charge in [-0.15, -0.1) is 0 Å². The highest BCUT2D eigenvalue weighted by molar-refractivity contribution is 5.86. The molecule has 0 aromatic carbocycles. The molecule has 3 nitrogen and oxygen atoms in total. The number of carbonyl (C=O) groups is 1. The van der Waals surface area contributed by atoms with Gasteiger partial charge in [-0.05, 0) is 25.0 Å². The quantitative estimate of drug-likeness (QED) is 0.754. The summed E-state index contributed by atoms with van der Waals surface area (Å²) in [5, 5.41) is 8.61. The number of Topliss-reactive ketones (excluding diaryl/α,β-unsaturated/α-hetero) is 1. The van der Waals surface area contributed by atoms with Crippen molar-refractivity contribution >= 4 is 5.78 Å². The van der Waals surface area contributed by atoms with Gasteiger partial charge >= 0.3 is 0 Å². The maximum Gasteiger partial charge on any atom is 0.155 e. The second-order valence-corrected chi connectivity index (χ2v) is 4.26. The van der Waals surface area contributed by atoms with Crippen LogP contribution >= 0.6 is 0 Å². The number of hydrogen-bond acceptors (Lipinski definition) is 3. The van der Waals surface area contributed by atoms with E-state index in [0.717, 1.165) is 30.5 Å². The largest absolute Gasteiger partial charge is 0.298 e. The number of hydrogen-bond donors (Lipinski definition) is 0. The van der Waals surface area contributed by atoms with Crippen molar-refractivity contribution in [1.82, 2.24) is 4.98 Å². The monoisotopic (exact) mass is 230 g/mol. The zero-order chi connectivity index (χ0) is 12.7. The van der Waals surface area contributed by atoms with Gasteiger partial charge in [-0.1, -0.05) is 25.8 Å². The Balaban J connectivity index is 2.85. The van der Waals surface area contributed by atoms with Gasteiger partial charge in [0.1, 0.15) is 0 Å². The number of rotatable bonds is 6. The van der Waals surface area contributed by atoms with E-state index in [1.165, 1.54) is 0 Å². The Morgan fingerprint density at radius 3 is 2.82 bits per heavy atom. The molecule has 0 saturated heterocycles. The van der Waals surface area contributed by atoms with Gasteiger partial charge in [0.2, 0.25) is 0 Å². The standard InChI is InChI=1S/C14H18N2O/c1-3-4-5-12(14(17)8-9-15)13-7-6-11(2)10-16-13/h6-7,10,12H,3-5,8H2,1-2H3. The summed E-state index contributed by atoms with van der Waals surface area (Å²) < 4.78 is 0. The van der Waals surface area contributed by atoms with Crippen molar-refractivity contribution < 1.29 is 4.79 Å². The number of carbonyl (C=O) groups excluding carboxylic acids is 1. The zero-order valence-corrected chi connectivity index (χ0v) is 10.4. The number of unbranched alkanes of at least 4 members (excludes halogenated alkanes) is 1. The molecule has 0 radical (unpaired) electrons. The minimum Gasteiger partial charge on any atom is -0.298 e. The number of aromatic nitrogens is 1. The molecule has 0 aliphatic heterocycles. The summed E-state index contributed by atoms with van der Waals surface area (Å²) in [4.78, 5) is 16.2. The normalized spacial score (nSPS) is 11.8. The molecule has 1 aromatic heterocycles. The topological polar surface area (TPSA) is 53.8 Å². The van der Waals surface area contributed by atoms with Crippen LogP contribution in [0.4, 0.5) is 0 Å². The lowest BCUT2D eigenvalue weighted by Gasteiger charge is -2.13. The van der Waals surface area contributed by atoms with E-state index in [9.17, 15) is 4.79 Å². The Kier molecular flexibility index (Phi) is 5.35. The van der Waals surface area contributed by atoms with E-state index in [-0.39, 0.29) is 18.1 Å². The van der Waals surface area contributed by atoms with E-state index < -0.39 is 0 Å². The highest BCUT2D eigenvalue weighted by Gasteiger charge is 2.20. The van der Waals surface area contributed by atoms with Crippen LogP contribution in [0.15, 0.2) is 18.3 Å². The number of aryl methyl sites for hydroxylation is 1.